The largest absolute Gasteiger partial charge is 1.00 e. The number of nitrogens with zero attached hydrogens (tertiary/aromatic N) is 2. The maximum atomic E-state index is 5.63. The van der Waals surface area contributed by atoms with Crippen molar-refractivity contribution in [2.24, 2.45) is 0 Å². The Kier molecular flexibility index (Phi) is 9.31. The van der Waals surface area contributed by atoms with Crippen LogP contribution in [0.2, 0.25) is 0 Å². The van der Waals surface area contributed by atoms with E-state index in [1.165, 1.54) is 5.56 Å². The Morgan fingerprint density at radius 3 is 2.77 bits per heavy atom. The van der Waals surface area contributed by atoms with Gasteiger partial charge in [-0.1, -0.05) is 54.2 Å². The van der Waals surface area contributed by atoms with E-state index >= 15 is 0 Å². The van der Waals surface area contributed by atoms with E-state index in [-0.39, 0.29) is 18.4 Å². The van der Waals surface area contributed by atoms with E-state index < -0.39 is 0 Å². The van der Waals surface area contributed by atoms with Gasteiger partial charge in [-0.05, 0) is 17.6 Å². The molecule has 1 heterocycles. The monoisotopic (exact) mass is 357 g/mol. The van der Waals surface area contributed by atoms with Crippen molar-refractivity contribution in [3.05, 3.63) is 47.9 Å². The van der Waals surface area contributed by atoms with Crippen molar-refractivity contribution in [2.75, 3.05) is 17.8 Å². The number of benzene rings is 1. The van der Waals surface area contributed by atoms with Gasteiger partial charge in [0.25, 0.3) is 11.1 Å². The van der Waals surface area contributed by atoms with Gasteiger partial charge in [0.1, 0.15) is 0 Å². The van der Waals surface area contributed by atoms with E-state index in [9.17, 15) is 0 Å². The molecule has 0 amide bonds. The molecule has 0 saturated carbocycles. The summed E-state index contributed by atoms with van der Waals surface area (Å²) in [5.74, 6) is 2.50. The van der Waals surface area contributed by atoms with Gasteiger partial charge in [-0.15, -0.1) is 10.2 Å². The zero-order valence-electron chi connectivity index (χ0n) is 12.4. The first-order chi connectivity index (χ1) is 10.3. The molecule has 3 N–H and O–H groups in total. The van der Waals surface area contributed by atoms with Crippen molar-refractivity contribution in [2.45, 2.75) is 17.7 Å². The van der Waals surface area contributed by atoms with E-state index in [0.29, 0.717) is 11.1 Å². The van der Waals surface area contributed by atoms with E-state index in [1.807, 2.05) is 18.2 Å². The van der Waals surface area contributed by atoms with Crippen LogP contribution in [0.4, 0.5) is 0 Å². The topological polar surface area (TPSA) is 66.6 Å². The van der Waals surface area contributed by atoms with Crippen LogP contribution in [0, 0.1) is 0 Å². The van der Waals surface area contributed by atoms with Crippen molar-refractivity contribution in [1.82, 2.24) is 10.2 Å². The Labute approximate surface area is 145 Å². The van der Waals surface area contributed by atoms with Crippen LogP contribution < -0.4 is 18.1 Å². The highest BCUT2D eigenvalue weighted by atomic mass is 35.5. The third-order valence-corrected chi connectivity index (χ3v) is 4.27. The second-order valence-electron chi connectivity index (χ2n) is 4.51. The molecule has 0 aliphatic carbocycles. The molecule has 2 rings (SSSR count). The number of quaternary nitrogens is 1. The molecule has 4 nitrogen and oxygen atoms in total. The van der Waals surface area contributed by atoms with Crippen LogP contribution in [0.25, 0.3) is 6.08 Å². The lowest BCUT2D eigenvalue weighted by Crippen LogP contribution is -3.00. The van der Waals surface area contributed by atoms with Crippen LogP contribution in [-0.2, 0) is 0 Å². The summed E-state index contributed by atoms with van der Waals surface area (Å²) in [5.41, 5.74) is 5.26. The summed E-state index contributed by atoms with van der Waals surface area (Å²) >= 11 is 3.34. The van der Waals surface area contributed by atoms with Gasteiger partial charge in [0.2, 0.25) is 0 Å². The summed E-state index contributed by atoms with van der Waals surface area (Å²) in [4.78, 5) is 0. The van der Waals surface area contributed by atoms with Crippen LogP contribution >= 0.6 is 23.5 Å². The summed E-state index contributed by atoms with van der Waals surface area (Å²) in [5, 5.41) is 8.74. The Morgan fingerprint density at radius 1 is 1.27 bits per heavy atom. The van der Waals surface area contributed by atoms with Gasteiger partial charge in [0, 0.05) is 12.2 Å². The van der Waals surface area contributed by atoms with Crippen LogP contribution in [-0.4, -0.2) is 28.0 Å². The molecule has 0 radical (unpaired) electrons. The fraction of sp³-hybridized carbons (Fsp3) is 0.333. The third kappa shape index (κ3) is 6.44. The molecular formula is C15H20ClN3OS2. The summed E-state index contributed by atoms with van der Waals surface area (Å²) in [6, 6.07) is 10.3. The van der Waals surface area contributed by atoms with E-state index in [2.05, 4.69) is 46.5 Å². The van der Waals surface area contributed by atoms with E-state index in [0.717, 1.165) is 17.9 Å². The highest BCUT2D eigenvalue weighted by Gasteiger charge is 2.17. The minimum absolute atomic E-state index is 0. The number of thioether (sulfide) groups is 2. The molecule has 1 aromatic heterocycles. The first kappa shape index (κ1) is 19.1. The molecule has 1 aromatic carbocycles. The SMILES string of the molecule is CSCC[C@H]([NH3+])c1nnc(SCC=Cc2ccccc2)o1.[Cl-]. The smallest absolute Gasteiger partial charge is 0.277 e. The number of rotatable bonds is 8. The van der Waals surface area contributed by atoms with Crippen LogP contribution in [0.3, 0.4) is 0 Å². The molecule has 1 atom stereocenters. The van der Waals surface area contributed by atoms with Crippen molar-refractivity contribution < 1.29 is 22.6 Å². The Balaban J connectivity index is 0.00000242. The van der Waals surface area contributed by atoms with Crippen molar-refractivity contribution >= 4 is 29.6 Å². The standard InChI is InChI=1S/C15H19N3OS2.ClH/c1-20-11-9-13(16)14-17-18-15(19-14)21-10-5-8-12-6-3-2-4-7-12;/h2-8,13H,9-11,16H2,1H3;1H/t13-;/m0./s1. The van der Waals surface area contributed by atoms with Crippen molar-refractivity contribution in [3.63, 3.8) is 0 Å². The average molecular weight is 358 g/mol. The summed E-state index contributed by atoms with van der Waals surface area (Å²) in [6.07, 6.45) is 7.23. The fourth-order valence-corrected chi connectivity index (χ4v) is 2.79. The number of hydrogen-bond acceptors (Lipinski definition) is 5. The average Bonchev–Trinajstić information content (AvgIpc) is 2.99. The Hall–Kier alpha value is -0.950. The van der Waals surface area contributed by atoms with Gasteiger partial charge >= 0.3 is 0 Å². The molecule has 0 bridgehead atoms. The van der Waals surface area contributed by atoms with Crippen molar-refractivity contribution in [1.29, 1.82) is 0 Å². The van der Waals surface area contributed by atoms with Gasteiger partial charge < -0.3 is 22.6 Å². The predicted octanol–water partition coefficient (Wildman–Crippen LogP) is -0.0848. The van der Waals surface area contributed by atoms with Gasteiger partial charge in [0.05, 0.1) is 0 Å². The van der Waals surface area contributed by atoms with Crippen LogP contribution in [0.15, 0.2) is 46.0 Å². The number of aromatic nitrogens is 2. The summed E-state index contributed by atoms with van der Waals surface area (Å²) in [6.45, 7) is 0. The zero-order chi connectivity index (χ0) is 14.9. The molecular weight excluding hydrogens is 338 g/mol. The minimum atomic E-state index is 0. The van der Waals surface area contributed by atoms with Crippen molar-refractivity contribution in [3.8, 4) is 0 Å². The summed E-state index contributed by atoms with van der Waals surface area (Å²) < 4.78 is 5.63. The fourth-order valence-electron chi connectivity index (χ4n) is 1.70. The lowest BCUT2D eigenvalue weighted by atomic mass is 10.2. The molecule has 7 heteroatoms. The van der Waals surface area contributed by atoms with E-state index in [4.69, 9.17) is 4.42 Å². The molecule has 120 valence electrons. The molecule has 0 spiro atoms. The quantitative estimate of drug-likeness (QED) is 0.669. The number of halogens is 1. The van der Waals surface area contributed by atoms with Crippen LogP contribution in [0.1, 0.15) is 23.9 Å². The molecule has 0 saturated heterocycles. The molecule has 2 aromatic rings. The Morgan fingerprint density at radius 2 is 2.05 bits per heavy atom. The normalized spacial score (nSPS) is 12.3. The maximum absolute atomic E-state index is 5.63. The highest BCUT2D eigenvalue weighted by Crippen LogP contribution is 2.20. The number of hydrogen-bond donors (Lipinski definition) is 1. The second kappa shape index (κ2) is 10.7. The van der Waals surface area contributed by atoms with Gasteiger partial charge in [0.15, 0.2) is 6.04 Å². The van der Waals surface area contributed by atoms with E-state index in [1.54, 1.807) is 23.5 Å². The lowest BCUT2D eigenvalue weighted by Gasteiger charge is -2.00. The molecule has 0 unspecified atom stereocenters. The van der Waals surface area contributed by atoms with Gasteiger partial charge in [-0.25, -0.2) is 0 Å². The highest BCUT2D eigenvalue weighted by molar-refractivity contribution is 7.99. The summed E-state index contributed by atoms with van der Waals surface area (Å²) in [7, 11) is 0. The van der Waals surface area contributed by atoms with Gasteiger partial charge in [-0.3, -0.25) is 0 Å². The molecule has 0 aliphatic rings. The molecule has 0 fully saturated rings. The zero-order valence-corrected chi connectivity index (χ0v) is 14.8. The van der Waals surface area contributed by atoms with Gasteiger partial charge in [-0.2, -0.15) is 11.8 Å². The first-order valence-corrected chi connectivity index (χ1v) is 9.17. The predicted molar refractivity (Wildman–Crippen MR) is 89.1 cm³/mol. The lowest BCUT2D eigenvalue weighted by molar-refractivity contribution is -0.432. The first-order valence-electron chi connectivity index (χ1n) is 6.79. The molecule has 0 aliphatic heterocycles. The third-order valence-electron chi connectivity index (χ3n) is 2.85. The Bertz CT molecular complexity index is 563. The second-order valence-corrected chi connectivity index (χ2v) is 6.47. The maximum Gasteiger partial charge on any atom is 0.277 e. The van der Waals surface area contributed by atoms with Crippen LogP contribution in [0.5, 0.6) is 0 Å². The molecule has 22 heavy (non-hydrogen) atoms. The minimum Gasteiger partial charge on any atom is -1.00 e.